The molecular weight excluding hydrogens is 218 g/mol. The molecular formula is C11H13N5O. The Kier molecular flexibility index (Phi) is 3.44. The highest BCUT2D eigenvalue weighted by atomic mass is 16.1. The van der Waals surface area contributed by atoms with Gasteiger partial charge in [-0.1, -0.05) is 5.21 Å². The van der Waals surface area contributed by atoms with Gasteiger partial charge in [-0.15, -0.1) is 5.10 Å². The Morgan fingerprint density at radius 3 is 2.82 bits per heavy atom. The van der Waals surface area contributed by atoms with Crippen molar-refractivity contribution in [3.63, 3.8) is 0 Å². The third kappa shape index (κ3) is 3.37. The average Bonchev–Trinajstić information content (AvgIpc) is 2.73. The first-order chi connectivity index (χ1) is 8.24. The highest BCUT2D eigenvalue weighted by Gasteiger charge is 2.05. The van der Waals surface area contributed by atoms with Crippen LogP contribution in [-0.4, -0.2) is 25.9 Å². The van der Waals surface area contributed by atoms with E-state index in [0.29, 0.717) is 18.7 Å². The van der Waals surface area contributed by atoms with E-state index in [4.69, 9.17) is 0 Å². The zero-order valence-corrected chi connectivity index (χ0v) is 9.50. The first-order valence-corrected chi connectivity index (χ1v) is 5.29. The summed E-state index contributed by atoms with van der Waals surface area (Å²) in [5, 5.41) is 10.2. The van der Waals surface area contributed by atoms with E-state index in [0.717, 1.165) is 5.56 Å². The number of rotatable bonds is 4. The number of carbonyl (C=O) groups excluding carboxylic acids is 1. The fraction of sp³-hybridized carbons (Fsp3) is 0.273. The largest absolute Gasteiger partial charge is 0.308 e. The van der Waals surface area contributed by atoms with Gasteiger partial charge in [0.1, 0.15) is 0 Å². The van der Waals surface area contributed by atoms with Crippen LogP contribution in [0, 0.1) is 0 Å². The molecule has 6 nitrogen and oxygen atoms in total. The number of hydrogen-bond acceptors (Lipinski definition) is 4. The summed E-state index contributed by atoms with van der Waals surface area (Å²) in [5.41, 5.74) is 1.09. The summed E-state index contributed by atoms with van der Waals surface area (Å²) in [6.45, 7) is 0. The number of carbonyl (C=O) groups is 1. The van der Waals surface area contributed by atoms with E-state index in [1.165, 1.54) is 0 Å². The van der Waals surface area contributed by atoms with Crippen LogP contribution >= 0.6 is 0 Å². The normalized spacial score (nSPS) is 10.2. The first kappa shape index (κ1) is 11.3. The molecule has 0 atom stereocenters. The van der Waals surface area contributed by atoms with Gasteiger partial charge < -0.3 is 5.32 Å². The Balaban J connectivity index is 1.82. The number of aryl methyl sites for hydroxylation is 2. The molecule has 2 rings (SSSR count). The van der Waals surface area contributed by atoms with E-state index >= 15 is 0 Å². The molecule has 2 aromatic rings. The Morgan fingerprint density at radius 1 is 1.41 bits per heavy atom. The summed E-state index contributed by atoms with van der Waals surface area (Å²) in [6.07, 6.45) is 6.20. The van der Waals surface area contributed by atoms with Crippen LogP contribution in [0.25, 0.3) is 0 Å². The fourth-order valence-electron chi connectivity index (χ4n) is 1.42. The molecule has 2 heterocycles. The van der Waals surface area contributed by atoms with Gasteiger partial charge in [0.2, 0.25) is 5.91 Å². The molecule has 1 amide bonds. The van der Waals surface area contributed by atoms with Gasteiger partial charge in [-0.3, -0.25) is 14.5 Å². The number of nitrogens with one attached hydrogen (secondary N) is 1. The van der Waals surface area contributed by atoms with Crippen LogP contribution < -0.4 is 5.32 Å². The lowest BCUT2D eigenvalue weighted by molar-refractivity contribution is -0.116. The van der Waals surface area contributed by atoms with Crippen LogP contribution in [0.1, 0.15) is 12.0 Å². The maximum absolute atomic E-state index is 11.6. The van der Waals surface area contributed by atoms with E-state index in [2.05, 4.69) is 20.6 Å². The third-order valence-corrected chi connectivity index (χ3v) is 2.26. The average molecular weight is 231 g/mol. The maximum Gasteiger partial charge on any atom is 0.225 e. The van der Waals surface area contributed by atoms with Crippen molar-refractivity contribution < 1.29 is 4.79 Å². The summed E-state index contributed by atoms with van der Waals surface area (Å²) >= 11 is 0. The van der Waals surface area contributed by atoms with Crippen molar-refractivity contribution in [3.8, 4) is 0 Å². The van der Waals surface area contributed by atoms with Gasteiger partial charge in [0.15, 0.2) is 5.82 Å². The van der Waals surface area contributed by atoms with Gasteiger partial charge in [-0.25, -0.2) is 0 Å². The zero-order valence-electron chi connectivity index (χ0n) is 9.50. The lowest BCUT2D eigenvalue weighted by Gasteiger charge is -2.01. The van der Waals surface area contributed by atoms with Gasteiger partial charge >= 0.3 is 0 Å². The predicted octanol–water partition coefficient (Wildman–Crippen LogP) is 0.781. The van der Waals surface area contributed by atoms with Crippen LogP contribution in [0.15, 0.2) is 30.7 Å². The number of pyridine rings is 1. The van der Waals surface area contributed by atoms with E-state index in [-0.39, 0.29) is 5.91 Å². The van der Waals surface area contributed by atoms with Crippen molar-refractivity contribution in [1.29, 1.82) is 0 Å². The van der Waals surface area contributed by atoms with Gasteiger partial charge in [0.25, 0.3) is 0 Å². The monoisotopic (exact) mass is 231 g/mol. The van der Waals surface area contributed by atoms with Gasteiger partial charge in [0.05, 0.1) is 6.20 Å². The number of anilines is 1. The molecule has 2 aromatic heterocycles. The minimum absolute atomic E-state index is 0.0673. The molecule has 0 unspecified atom stereocenters. The Morgan fingerprint density at radius 2 is 2.18 bits per heavy atom. The number of amides is 1. The SMILES string of the molecule is Cn1cc(NC(=O)CCc2ccncc2)nn1. The summed E-state index contributed by atoms with van der Waals surface area (Å²) < 4.78 is 1.54. The molecule has 88 valence electrons. The van der Waals surface area contributed by atoms with Crippen molar-refractivity contribution in [2.24, 2.45) is 7.05 Å². The highest BCUT2D eigenvalue weighted by molar-refractivity contribution is 5.89. The highest BCUT2D eigenvalue weighted by Crippen LogP contribution is 2.04. The van der Waals surface area contributed by atoms with E-state index in [9.17, 15) is 4.79 Å². The molecule has 0 aliphatic rings. The molecule has 0 bridgehead atoms. The molecule has 0 saturated carbocycles. The van der Waals surface area contributed by atoms with E-state index in [1.807, 2.05) is 12.1 Å². The van der Waals surface area contributed by atoms with Crippen LogP contribution in [0.3, 0.4) is 0 Å². The Bertz CT molecular complexity index is 494. The number of nitrogens with zero attached hydrogens (tertiary/aromatic N) is 4. The van der Waals surface area contributed by atoms with Gasteiger partial charge in [-0.2, -0.15) is 0 Å². The van der Waals surface area contributed by atoms with Crippen molar-refractivity contribution in [3.05, 3.63) is 36.3 Å². The van der Waals surface area contributed by atoms with Gasteiger partial charge in [0, 0.05) is 25.9 Å². The van der Waals surface area contributed by atoms with Crippen LogP contribution in [0.2, 0.25) is 0 Å². The molecule has 0 aliphatic carbocycles. The quantitative estimate of drug-likeness (QED) is 0.844. The smallest absolute Gasteiger partial charge is 0.225 e. The molecule has 0 spiro atoms. The van der Waals surface area contributed by atoms with Crippen molar-refractivity contribution in [1.82, 2.24) is 20.0 Å². The van der Waals surface area contributed by atoms with Crippen molar-refractivity contribution >= 4 is 11.7 Å². The molecule has 6 heteroatoms. The summed E-state index contributed by atoms with van der Waals surface area (Å²) in [6, 6.07) is 3.80. The fourth-order valence-corrected chi connectivity index (χ4v) is 1.42. The first-order valence-electron chi connectivity index (χ1n) is 5.29. The molecule has 0 aliphatic heterocycles. The van der Waals surface area contributed by atoms with E-state index < -0.39 is 0 Å². The second kappa shape index (κ2) is 5.20. The molecule has 0 radical (unpaired) electrons. The van der Waals surface area contributed by atoms with E-state index in [1.54, 1.807) is 30.3 Å². The maximum atomic E-state index is 11.6. The number of hydrogen-bond donors (Lipinski definition) is 1. The van der Waals surface area contributed by atoms with Crippen molar-refractivity contribution in [2.75, 3.05) is 5.32 Å². The minimum atomic E-state index is -0.0673. The Hall–Kier alpha value is -2.24. The predicted molar refractivity (Wildman–Crippen MR) is 62.2 cm³/mol. The second-order valence-corrected chi connectivity index (χ2v) is 3.68. The Labute approximate surface area is 98.7 Å². The summed E-state index contributed by atoms with van der Waals surface area (Å²) in [5.74, 6) is 0.412. The third-order valence-electron chi connectivity index (χ3n) is 2.26. The summed E-state index contributed by atoms with van der Waals surface area (Å²) in [7, 11) is 1.75. The van der Waals surface area contributed by atoms with Crippen LogP contribution in [-0.2, 0) is 18.3 Å². The van der Waals surface area contributed by atoms with Gasteiger partial charge in [-0.05, 0) is 24.1 Å². The second-order valence-electron chi connectivity index (χ2n) is 3.68. The molecule has 0 saturated heterocycles. The topological polar surface area (TPSA) is 72.7 Å². The van der Waals surface area contributed by atoms with Crippen molar-refractivity contribution in [2.45, 2.75) is 12.8 Å². The molecule has 17 heavy (non-hydrogen) atoms. The van der Waals surface area contributed by atoms with Crippen LogP contribution in [0.5, 0.6) is 0 Å². The zero-order chi connectivity index (χ0) is 12.1. The lowest BCUT2D eigenvalue weighted by atomic mass is 10.1. The lowest BCUT2D eigenvalue weighted by Crippen LogP contribution is -2.12. The summed E-state index contributed by atoms with van der Waals surface area (Å²) in [4.78, 5) is 15.5. The molecule has 1 N–H and O–H groups in total. The standard InChI is InChI=1S/C11H13N5O/c1-16-8-10(14-15-16)13-11(17)3-2-9-4-6-12-7-5-9/h4-8H,2-3H2,1H3,(H,13,17). The minimum Gasteiger partial charge on any atom is -0.308 e. The van der Waals surface area contributed by atoms with Crippen LogP contribution in [0.4, 0.5) is 5.82 Å². The number of aromatic nitrogens is 4. The molecule has 0 aromatic carbocycles. The molecule has 0 fully saturated rings.